The summed E-state index contributed by atoms with van der Waals surface area (Å²) in [5.74, 6) is 1.03. The number of pyridine rings is 2. The molecule has 1 saturated heterocycles. The molecule has 8 nitrogen and oxygen atoms in total. The summed E-state index contributed by atoms with van der Waals surface area (Å²) < 4.78 is 2.07. The van der Waals surface area contributed by atoms with E-state index in [1.54, 1.807) is 6.20 Å². The van der Waals surface area contributed by atoms with E-state index in [2.05, 4.69) is 69.7 Å². The van der Waals surface area contributed by atoms with Gasteiger partial charge in [0.15, 0.2) is 11.5 Å². The lowest BCUT2D eigenvalue weighted by molar-refractivity contribution is -0.117. The Labute approximate surface area is 241 Å². The van der Waals surface area contributed by atoms with Gasteiger partial charge in [-0.1, -0.05) is 43.9 Å². The molecular weight excluding hydrogens is 510 g/mol. The quantitative estimate of drug-likeness (QED) is 0.206. The maximum absolute atomic E-state index is 11.6. The molecule has 0 bridgehead atoms. The minimum Gasteiger partial charge on any atom is -0.383 e. The average Bonchev–Trinajstić information content (AvgIpc) is 3.37. The minimum atomic E-state index is -0.0977. The number of benzene rings is 1. The number of nitrogens with two attached hydrogens (primary N) is 1. The summed E-state index contributed by atoms with van der Waals surface area (Å²) in [6, 6.07) is 16.6. The van der Waals surface area contributed by atoms with E-state index >= 15 is 0 Å². The molecule has 4 heterocycles. The summed E-state index contributed by atoms with van der Waals surface area (Å²) in [5.41, 5.74) is 12.8. The van der Waals surface area contributed by atoms with Gasteiger partial charge in [-0.2, -0.15) is 0 Å². The number of allylic oxidation sites excluding steroid dienone is 4. The number of hydrogen-bond acceptors (Lipinski definition) is 6. The Morgan fingerprint density at radius 3 is 2.59 bits per heavy atom. The van der Waals surface area contributed by atoms with Crippen LogP contribution in [-0.2, 0) is 11.3 Å². The molecule has 1 amide bonds. The van der Waals surface area contributed by atoms with Crippen LogP contribution in [0.1, 0.15) is 44.4 Å². The highest BCUT2D eigenvalue weighted by Gasteiger charge is 2.21. The zero-order valence-electron chi connectivity index (χ0n) is 23.8. The number of rotatable bonds is 9. The van der Waals surface area contributed by atoms with Crippen LogP contribution in [-0.4, -0.2) is 49.5 Å². The standard InChI is InChI=1S/C33H37N7O/c1-4-8-24(9-5-2)28-15-16-29-33(37-28)40(32(38-29)27-10-7-19-35-31(27)34)26-13-11-23(12-14-26)22-39-20-17-25(18-21-39)36-30(41)6-3/h4,6-16,19,25H,3,5,17-18,20-22H2,1-2H3,(H2,34,35)(H,36,41)/b8-4-,24-9+. The van der Waals surface area contributed by atoms with E-state index in [9.17, 15) is 4.79 Å². The molecule has 3 N–H and O–H groups in total. The van der Waals surface area contributed by atoms with E-state index < -0.39 is 0 Å². The van der Waals surface area contributed by atoms with Crippen LogP contribution in [0.4, 0.5) is 5.82 Å². The summed E-state index contributed by atoms with van der Waals surface area (Å²) in [4.78, 5) is 28.4. The number of hydrogen-bond donors (Lipinski definition) is 2. The second-order valence-corrected chi connectivity index (χ2v) is 10.2. The lowest BCUT2D eigenvalue weighted by atomic mass is 10.0. The molecule has 0 unspecified atom stereocenters. The van der Waals surface area contributed by atoms with Crippen molar-refractivity contribution in [3.63, 3.8) is 0 Å². The van der Waals surface area contributed by atoms with E-state index in [4.69, 9.17) is 15.7 Å². The number of aromatic nitrogens is 4. The monoisotopic (exact) mass is 547 g/mol. The summed E-state index contributed by atoms with van der Waals surface area (Å²) in [6.45, 7) is 10.4. The molecule has 3 aromatic heterocycles. The smallest absolute Gasteiger partial charge is 0.243 e. The first-order valence-electron chi connectivity index (χ1n) is 14.2. The molecule has 1 aliphatic rings. The fourth-order valence-corrected chi connectivity index (χ4v) is 5.31. The fourth-order valence-electron chi connectivity index (χ4n) is 5.31. The first-order chi connectivity index (χ1) is 20.0. The Morgan fingerprint density at radius 2 is 1.90 bits per heavy atom. The predicted molar refractivity (Wildman–Crippen MR) is 166 cm³/mol. The number of carbonyl (C=O) groups excluding carboxylic acids is 1. The van der Waals surface area contributed by atoms with E-state index in [-0.39, 0.29) is 11.9 Å². The van der Waals surface area contributed by atoms with E-state index in [1.165, 1.54) is 11.6 Å². The largest absolute Gasteiger partial charge is 0.383 e. The second kappa shape index (κ2) is 12.7. The number of nitrogen functional groups attached to an aromatic ring is 1. The third-order valence-corrected chi connectivity index (χ3v) is 7.37. The Morgan fingerprint density at radius 1 is 1.12 bits per heavy atom. The molecule has 0 radical (unpaired) electrons. The maximum atomic E-state index is 11.6. The number of anilines is 1. The zero-order valence-corrected chi connectivity index (χ0v) is 23.8. The number of fused-ring (bicyclic) bond motifs is 1. The Hall–Kier alpha value is -4.56. The van der Waals surface area contributed by atoms with Gasteiger partial charge in [-0.05, 0) is 79.8 Å². The topological polar surface area (TPSA) is 102 Å². The van der Waals surface area contributed by atoms with Gasteiger partial charge in [0.05, 0.1) is 11.3 Å². The molecule has 4 aromatic rings. The Bertz CT molecular complexity index is 1590. The summed E-state index contributed by atoms with van der Waals surface area (Å²) in [7, 11) is 0. The van der Waals surface area contributed by atoms with E-state index in [1.807, 2.05) is 37.3 Å². The van der Waals surface area contributed by atoms with Crippen LogP contribution < -0.4 is 11.1 Å². The van der Waals surface area contributed by atoms with E-state index in [0.29, 0.717) is 11.6 Å². The van der Waals surface area contributed by atoms with Crippen molar-refractivity contribution in [3.8, 4) is 17.1 Å². The molecule has 41 heavy (non-hydrogen) atoms. The molecule has 210 valence electrons. The van der Waals surface area contributed by atoms with Crippen LogP contribution in [0.3, 0.4) is 0 Å². The number of nitrogens with zero attached hydrogens (tertiary/aromatic N) is 5. The first kappa shape index (κ1) is 28.0. The van der Waals surface area contributed by atoms with Crippen molar-refractivity contribution in [1.82, 2.24) is 29.7 Å². The van der Waals surface area contributed by atoms with Crippen LogP contribution in [0.2, 0.25) is 0 Å². The molecule has 5 rings (SSSR count). The van der Waals surface area contributed by atoms with Gasteiger partial charge in [-0.15, -0.1) is 0 Å². The molecule has 0 atom stereocenters. The van der Waals surface area contributed by atoms with Crippen molar-refractivity contribution >= 4 is 28.5 Å². The van der Waals surface area contributed by atoms with Crippen LogP contribution >= 0.6 is 0 Å². The van der Waals surface area contributed by atoms with Crippen molar-refractivity contribution < 1.29 is 4.79 Å². The highest BCUT2D eigenvalue weighted by atomic mass is 16.1. The predicted octanol–water partition coefficient (Wildman–Crippen LogP) is 5.70. The Balaban J connectivity index is 1.47. The van der Waals surface area contributed by atoms with Crippen molar-refractivity contribution in [2.75, 3.05) is 18.8 Å². The minimum absolute atomic E-state index is 0.0977. The average molecular weight is 548 g/mol. The highest BCUT2D eigenvalue weighted by Crippen LogP contribution is 2.31. The maximum Gasteiger partial charge on any atom is 0.243 e. The molecule has 1 fully saturated rings. The van der Waals surface area contributed by atoms with Gasteiger partial charge >= 0.3 is 0 Å². The van der Waals surface area contributed by atoms with Crippen LogP contribution in [0.15, 0.2) is 85.6 Å². The fraction of sp³-hybridized carbons (Fsp3) is 0.273. The SMILES string of the molecule is C=CC(=O)NC1CCN(Cc2ccc(-n3c(-c4cccnc4N)nc4ccc(C(/C=C\C)=C/CC)nc43)cc2)CC1. The van der Waals surface area contributed by atoms with Gasteiger partial charge in [-0.25, -0.2) is 15.0 Å². The summed E-state index contributed by atoms with van der Waals surface area (Å²) in [6.07, 6.45) is 12.1. The summed E-state index contributed by atoms with van der Waals surface area (Å²) >= 11 is 0. The van der Waals surface area contributed by atoms with Gasteiger partial charge in [-0.3, -0.25) is 14.3 Å². The van der Waals surface area contributed by atoms with Gasteiger partial charge in [0, 0.05) is 37.6 Å². The third kappa shape index (κ3) is 6.28. The lowest BCUT2D eigenvalue weighted by Gasteiger charge is -2.32. The molecule has 0 saturated carbocycles. The zero-order chi connectivity index (χ0) is 28.8. The third-order valence-electron chi connectivity index (χ3n) is 7.37. The molecule has 1 aromatic carbocycles. The van der Waals surface area contributed by atoms with Crippen molar-refractivity contribution in [2.45, 2.75) is 45.7 Å². The highest BCUT2D eigenvalue weighted by molar-refractivity contribution is 5.87. The number of carbonyl (C=O) groups is 1. The number of nitrogens with one attached hydrogen (secondary N) is 1. The van der Waals surface area contributed by atoms with Crippen LogP contribution in [0, 0.1) is 0 Å². The normalized spacial score (nSPS) is 15.0. The van der Waals surface area contributed by atoms with Crippen LogP contribution in [0.25, 0.3) is 33.8 Å². The number of amides is 1. The first-order valence-corrected chi connectivity index (χ1v) is 14.2. The molecular formula is C33H37N7O. The number of piperidine rings is 1. The number of likely N-dealkylation sites (tertiary alicyclic amines) is 1. The summed E-state index contributed by atoms with van der Waals surface area (Å²) in [5, 5.41) is 3.02. The molecule has 0 spiro atoms. The van der Waals surface area contributed by atoms with Gasteiger partial charge in [0.2, 0.25) is 5.91 Å². The van der Waals surface area contributed by atoms with Crippen molar-refractivity contribution in [3.05, 3.63) is 96.9 Å². The van der Waals surface area contributed by atoms with Crippen molar-refractivity contribution in [2.24, 2.45) is 0 Å². The van der Waals surface area contributed by atoms with Crippen molar-refractivity contribution in [1.29, 1.82) is 0 Å². The molecule has 8 heteroatoms. The molecule has 0 aliphatic carbocycles. The molecule has 1 aliphatic heterocycles. The Kier molecular flexibility index (Phi) is 8.70. The van der Waals surface area contributed by atoms with Crippen LogP contribution in [0.5, 0.6) is 0 Å². The van der Waals surface area contributed by atoms with Gasteiger partial charge in [0.25, 0.3) is 0 Å². The lowest BCUT2D eigenvalue weighted by Crippen LogP contribution is -2.43. The van der Waals surface area contributed by atoms with Gasteiger partial charge < -0.3 is 11.1 Å². The second-order valence-electron chi connectivity index (χ2n) is 10.2. The van der Waals surface area contributed by atoms with Gasteiger partial charge in [0.1, 0.15) is 11.3 Å². The number of imidazole rings is 1. The van der Waals surface area contributed by atoms with E-state index in [0.717, 1.165) is 72.6 Å².